The van der Waals surface area contributed by atoms with Crippen molar-refractivity contribution in [3.63, 3.8) is 0 Å². The lowest BCUT2D eigenvalue weighted by Crippen LogP contribution is -2.41. The van der Waals surface area contributed by atoms with Gasteiger partial charge in [0.05, 0.1) is 12.0 Å². The molecule has 1 saturated heterocycles. The van der Waals surface area contributed by atoms with Gasteiger partial charge in [-0.25, -0.2) is 0 Å². The Morgan fingerprint density at radius 3 is 2.89 bits per heavy atom. The lowest BCUT2D eigenvalue weighted by Gasteiger charge is -2.26. The molecule has 0 saturated carbocycles. The zero-order chi connectivity index (χ0) is 13.7. The Hall–Kier alpha value is -1.39. The van der Waals surface area contributed by atoms with Gasteiger partial charge < -0.3 is 15.4 Å². The third kappa shape index (κ3) is 3.55. The van der Waals surface area contributed by atoms with E-state index in [1.165, 1.54) is 0 Å². The summed E-state index contributed by atoms with van der Waals surface area (Å²) in [6.45, 7) is 4.48. The summed E-state index contributed by atoms with van der Waals surface area (Å²) in [6, 6.07) is 9.77. The Labute approximate surface area is 114 Å². The van der Waals surface area contributed by atoms with Crippen LogP contribution < -0.4 is 5.73 Å². The van der Waals surface area contributed by atoms with Crippen LogP contribution in [0.5, 0.6) is 0 Å². The number of carbonyl (C=O) groups excluding carboxylic acids is 1. The number of nitrogens with two attached hydrogens (primary N) is 1. The fourth-order valence-electron chi connectivity index (χ4n) is 2.48. The van der Waals surface area contributed by atoms with E-state index in [4.69, 9.17) is 10.5 Å². The number of rotatable bonds is 3. The number of hydrogen-bond acceptors (Lipinski definition) is 3. The molecule has 2 atom stereocenters. The number of hydrogen-bond donors (Lipinski definition) is 1. The standard InChI is InChI=1S/C15H22N2O2/c1-12-11-17(8-5-9-19-12)15(18)14(10-16)13-6-3-2-4-7-13/h2-4,6-7,12,14H,5,8-11,16H2,1H3/t12-,14-/m1/s1. The number of nitrogens with zero attached hydrogens (tertiary/aromatic N) is 1. The van der Waals surface area contributed by atoms with Crippen molar-refractivity contribution in [2.24, 2.45) is 5.73 Å². The Balaban J connectivity index is 2.12. The van der Waals surface area contributed by atoms with Crippen molar-refractivity contribution >= 4 is 5.91 Å². The summed E-state index contributed by atoms with van der Waals surface area (Å²) in [5, 5.41) is 0. The molecule has 1 aliphatic rings. The smallest absolute Gasteiger partial charge is 0.231 e. The maximum atomic E-state index is 12.6. The second kappa shape index (κ2) is 6.68. The summed E-state index contributed by atoms with van der Waals surface area (Å²) in [6.07, 6.45) is 0.989. The van der Waals surface area contributed by atoms with E-state index >= 15 is 0 Å². The summed E-state index contributed by atoms with van der Waals surface area (Å²) >= 11 is 0. The normalized spacial score (nSPS) is 21.8. The molecular weight excluding hydrogens is 240 g/mol. The predicted octanol–water partition coefficient (Wildman–Crippen LogP) is 1.37. The zero-order valence-corrected chi connectivity index (χ0v) is 11.4. The molecule has 4 heteroatoms. The second-order valence-corrected chi connectivity index (χ2v) is 5.02. The van der Waals surface area contributed by atoms with Gasteiger partial charge in [0.1, 0.15) is 0 Å². The van der Waals surface area contributed by atoms with Crippen LogP contribution in [0.25, 0.3) is 0 Å². The molecule has 0 aromatic heterocycles. The van der Waals surface area contributed by atoms with Gasteiger partial charge in [0.2, 0.25) is 5.91 Å². The molecule has 0 unspecified atom stereocenters. The highest BCUT2D eigenvalue weighted by molar-refractivity contribution is 5.84. The minimum Gasteiger partial charge on any atom is -0.377 e. The molecule has 1 aliphatic heterocycles. The van der Waals surface area contributed by atoms with Crippen molar-refractivity contribution in [2.45, 2.75) is 25.4 Å². The fourth-order valence-corrected chi connectivity index (χ4v) is 2.48. The molecule has 1 aromatic rings. The second-order valence-electron chi connectivity index (χ2n) is 5.02. The van der Waals surface area contributed by atoms with Crippen molar-refractivity contribution in [3.05, 3.63) is 35.9 Å². The van der Waals surface area contributed by atoms with Crippen molar-refractivity contribution in [1.29, 1.82) is 0 Å². The number of ether oxygens (including phenoxy) is 1. The lowest BCUT2D eigenvalue weighted by molar-refractivity contribution is -0.133. The maximum absolute atomic E-state index is 12.6. The third-order valence-electron chi connectivity index (χ3n) is 3.50. The quantitative estimate of drug-likeness (QED) is 0.895. The maximum Gasteiger partial charge on any atom is 0.231 e. The average molecular weight is 262 g/mol. The van der Waals surface area contributed by atoms with Crippen LogP contribution in [-0.4, -0.2) is 43.2 Å². The van der Waals surface area contributed by atoms with Gasteiger partial charge in [-0.05, 0) is 18.9 Å². The molecule has 0 bridgehead atoms. The van der Waals surface area contributed by atoms with E-state index in [1.807, 2.05) is 42.2 Å². The lowest BCUT2D eigenvalue weighted by atomic mass is 9.97. The van der Waals surface area contributed by atoms with Crippen molar-refractivity contribution in [2.75, 3.05) is 26.2 Å². The molecule has 0 aliphatic carbocycles. The van der Waals surface area contributed by atoms with Gasteiger partial charge in [-0.2, -0.15) is 0 Å². The SMILES string of the molecule is C[C@@H]1CN(C(=O)[C@H](CN)c2ccccc2)CCCO1. The molecule has 2 rings (SSSR count). The average Bonchev–Trinajstić information content (AvgIpc) is 2.65. The van der Waals surface area contributed by atoms with Gasteiger partial charge in [0, 0.05) is 26.2 Å². The molecule has 1 aromatic carbocycles. The number of amides is 1. The summed E-state index contributed by atoms with van der Waals surface area (Å²) in [4.78, 5) is 14.5. The van der Waals surface area contributed by atoms with Crippen LogP contribution in [0.1, 0.15) is 24.8 Å². The van der Waals surface area contributed by atoms with Crippen LogP contribution in [0.2, 0.25) is 0 Å². The van der Waals surface area contributed by atoms with Gasteiger partial charge in [-0.15, -0.1) is 0 Å². The summed E-state index contributed by atoms with van der Waals surface area (Å²) in [5.41, 5.74) is 6.80. The topological polar surface area (TPSA) is 55.6 Å². The Bertz CT molecular complexity index is 408. The highest BCUT2D eigenvalue weighted by atomic mass is 16.5. The predicted molar refractivity (Wildman–Crippen MR) is 74.8 cm³/mol. The van der Waals surface area contributed by atoms with E-state index in [-0.39, 0.29) is 17.9 Å². The molecule has 1 fully saturated rings. The Morgan fingerprint density at radius 2 is 2.21 bits per heavy atom. The van der Waals surface area contributed by atoms with E-state index in [9.17, 15) is 4.79 Å². The first-order valence-electron chi connectivity index (χ1n) is 6.87. The summed E-state index contributed by atoms with van der Waals surface area (Å²) in [7, 11) is 0. The van der Waals surface area contributed by atoms with Crippen LogP contribution in [0.3, 0.4) is 0 Å². The van der Waals surface area contributed by atoms with E-state index < -0.39 is 0 Å². The van der Waals surface area contributed by atoms with Gasteiger partial charge >= 0.3 is 0 Å². The molecule has 4 nitrogen and oxygen atoms in total. The van der Waals surface area contributed by atoms with Crippen molar-refractivity contribution < 1.29 is 9.53 Å². The summed E-state index contributed by atoms with van der Waals surface area (Å²) in [5.74, 6) is -0.127. The first-order chi connectivity index (χ1) is 9.22. The molecule has 0 spiro atoms. The molecule has 104 valence electrons. The van der Waals surface area contributed by atoms with Gasteiger partial charge in [-0.1, -0.05) is 30.3 Å². The first kappa shape index (κ1) is 14.0. The first-order valence-corrected chi connectivity index (χ1v) is 6.87. The van der Waals surface area contributed by atoms with Gasteiger partial charge in [0.25, 0.3) is 0 Å². The Morgan fingerprint density at radius 1 is 1.47 bits per heavy atom. The molecule has 0 radical (unpaired) electrons. The minimum atomic E-state index is -0.244. The van der Waals surface area contributed by atoms with Crippen LogP contribution in [-0.2, 0) is 9.53 Å². The van der Waals surface area contributed by atoms with Crippen LogP contribution in [0.4, 0.5) is 0 Å². The molecule has 2 N–H and O–H groups in total. The van der Waals surface area contributed by atoms with E-state index in [1.54, 1.807) is 0 Å². The van der Waals surface area contributed by atoms with E-state index in [0.29, 0.717) is 13.1 Å². The monoisotopic (exact) mass is 262 g/mol. The number of benzene rings is 1. The van der Waals surface area contributed by atoms with E-state index in [2.05, 4.69) is 0 Å². The molecule has 19 heavy (non-hydrogen) atoms. The third-order valence-corrected chi connectivity index (χ3v) is 3.50. The van der Waals surface area contributed by atoms with E-state index in [0.717, 1.165) is 25.1 Å². The molecular formula is C15H22N2O2. The van der Waals surface area contributed by atoms with Crippen LogP contribution >= 0.6 is 0 Å². The van der Waals surface area contributed by atoms with Gasteiger partial charge in [0.15, 0.2) is 0 Å². The molecule has 1 heterocycles. The summed E-state index contributed by atoms with van der Waals surface area (Å²) < 4.78 is 5.58. The zero-order valence-electron chi connectivity index (χ0n) is 11.4. The highest BCUT2D eigenvalue weighted by Crippen LogP contribution is 2.19. The number of carbonyl (C=O) groups is 1. The van der Waals surface area contributed by atoms with Crippen molar-refractivity contribution in [3.8, 4) is 0 Å². The minimum absolute atomic E-state index is 0.0978. The highest BCUT2D eigenvalue weighted by Gasteiger charge is 2.27. The fraction of sp³-hybridized carbons (Fsp3) is 0.533. The van der Waals surface area contributed by atoms with Gasteiger partial charge in [-0.3, -0.25) is 4.79 Å². The van der Waals surface area contributed by atoms with Crippen molar-refractivity contribution in [1.82, 2.24) is 4.90 Å². The Kier molecular flexibility index (Phi) is 4.93. The molecule has 1 amide bonds. The largest absolute Gasteiger partial charge is 0.377 e. The van der Waals surface area contributed by atoms with Crippen LogP contribution in [0, 0.1) is 0 Å². The van der Waals surface area contributed by atoms with Crippen LogP contribution in [0.15, 0.2) is 30.3 Å².